The van der Waals surface area contributed by atoms with Crippen LogP contribution in [0.5, 0.6) is 5.75 Å². The SMILES string of the molecule is CC(O)c1ccn(C2=CC(C)(C)Oc3ccncc32)c(=O)c1. The molecule has 3 rings (SSSR count). The van der Waals surface area contributed by atoms with Gasteiger partial charge in [-0.3, -0.25) is 14.3 Å². The van der Waals surface area contributed by atoms with E-state index in [4.69, 9.17) is 4.74 Å². The summed E-state index contributed by atoms with van der Waals surface area (Å²) >= 11 is 0. The topological polar surface area (TPSA) is 64.3 Å². The molecule has 1 aliphatic rings. The lowest BCUT2D eigenvalue weighted by Gasteiger charge is -2.31. The Balaban J connectivity index is 2.18. The summed E-state index contributed by atoms with van der Waals surface area (Å²) in [4.78, 5) is 16.5. The number of hydrogen-bond acceptors (Lipinski definition) is 4. The summed E-state index contributed by atoms with van der Waals surface area (Å²) in [5.74, 6) is 0.698. The molecule has 1 atom stereocenters. The van der Waals surface area contributed by atoms with Gasteiger partial charge in [-0.1, -0.05) is 0 Å². The zero-order valence-electron chi connectivity index (χ0n) is 12.8. The number of aliphatic hydroxyl groups is 1. The highest BCUT2D eigenvalue weighted by molar-refractivity contribution is 5.72. The van der Waals surface area contributed by atoms with Crippen LogP contribution in [-0.4, -0.2) is 20.3 Å². The second-order valence-corrected chi connectivity index (χ2v) is 5.95. The Morgan fingerprint density at radius 3 is 2.82 bits per heavy atom. The molecular weight excluding hydrogens is 280 g/mol. The maximum Gasteiger partial charge on any atom is 0.255 e. The molecule has 1 aliphatic heterocycles. The molecule has 114 valence electrons. The number of hydrogen-bond donors (Lipinski definition) is 1. The molecule has 1 unspecified atom stereocenters. The van der Waals surface area contributed by atoms with Crippen LogP contribution in [-0.2, 0) is 0 Å². The van der Waals surface area contributed by atoms with E-state index in [0.29, 0.717) is 11.3 Å². The van der Waals surface area contributed by atoms with E-state index in [2.05, 4.69) is 4.98 Å². The molecule has 0 radical (unpaired) electrons. The Morgan fingerprint density at radius 2 is 2.14 bits per heavy atom. The molecule has 0 spiro atoms. The van der Waals surface area contributed by atoms with E-state index < -0.39 is 11.7 Å². The first-order valence-corrected chi connectivity index (χ1v) is 7.15. The molecule has 0 bridgehead atoms. The second-order valence-electron chi connectivity index (χ2n) is 5.95. The van der Waals surface area contributed by atoms with E-state index in [-0.39, 0.29) is 5.56 Å². The van der Waals surface area contributed by atoms with Crippen LogP contribution in [0, 0.1) is 0 Å². The lowest BCUT2D eigenvalue weighted by molar-refractivity contribution is 0.157. The van der Waals surface area contributed by atoms with Crippen LogP contribution < -0.4 is 10.3 Å². The van der Waals surface area contributed by atoms with E-state index in [9.17, 15) is 9.90 Å². The Kier molecular flexibility index (Phi) is 3.37. The Bertz CT molecular complexity index is 804. The first kappa shape index (κ1) is 14.5. The smallest absolute Gasteiger partial charge is 0.255 e. The highest BCUT2D eigenvalue weighted by Crippen LogP contribution is 2.35. The molecule has 0 aromatic carbocycles. The van der Waals surface area contributed by atoms with Gasteiger partial charge in [-0.2, -0.15) is 0 Å². The van der Waals surface area contributed by atoms with Crippen LogP contribution in [0.2, 0.25) is 0 Å². The van der Waals surface area contributed by atoms with Crippen LogP contribution >= 0.6 is 0 Å². The highest BCUT2D eigenvalue weighted by Gasteiger charge is 2.27. The van der Waals surface area contributed by atoms with Crippen molar-refractivity contribution in [1.82, 2.24) is 9.55 Å². The molecule has 0 saturated carbocycles. The van der Waals surface area contributed by atoms with Crippen LogP contribution in [0.4, 0.5) is 0 Å². The third-order valence-electron chi connectivity index (χ3n) is 3.60. The zero-order chi connectivity index (χ0) is 15.9. The summed E-state index contributed by atoms with van der Waals surface area (Å²) in [5.41, 5.74) is 1.39. The zero-order valence-corrected chi connectivity index (χ0v) is 12.8. The number of pyridine rings is 2. The third kappa shape index (κ3) is 2.55. The van der Waals surface area contributed by atoms with Crippen molar-refractivity contribution in [2.24, 2.45) is 0 Å². The summed E-state index contributed by atoms with van der Waals surface area (Å²) in [5, 5.41) is 9.60. The van der Waals surface area contributed by atoms with Crippen LogP contribution in [0.25, 0.3) is 5.70 Å². The van der Waals surface area contributed by atoms with Gasteiger partial charge in [0.2, 0.25) is 0 Å². The van der Waals surface area contributed by atoms with Crippen LogP contribution in [0.3, 0.4) is 0 Å². The van der Waals surface area contributed by atoms with Gasteiger partial charge in [0.1, 0.15) is 11.4 Å². The second kappa shape index (κ2) is 5.10. The van der Waals surface area contributed by atoms with Crippen LogP contribution in [0.15, 0.2) is 47.7 Å². The van der Waals surface area contributed by atoms with Gasteiger partial charge >= 0.3 is 0 Å². The van der Waals surface area contributed by atoms with Crippen molar-refractivity contribution in [3.05, 3.63) is 64.3 Å². The first-order chi connectivity index (χ1) is 10.4. The van der Waals surface area contributed by atoms with E-state index >= 15 is 0 Å². The molecule has 0 amide bonds. The van der Waals surface area contributed by atoms with Gasteiger partial charge in [0.15, 0.2) is 0 Å². The Labute approximate surface area is 128 Å². The normalized spacial score (nSPS) is 17.2. The van der Waals surface area contributed by atoms with E-state index in [1.807, 2.05) is 19.9 Å². The van der Waals surface area contributed by atoms with Gasteiger partial charge in [0.05, 0.1) is 17.4 Å². The fourth-order valence-corrected chi connectivity index (χ4v) is 2.54. The minimum atomic E-state index is -0.670. The van der Waals surface area contributed by atoms with Gasteiger partial charge in [0, 0.05) is 24.7 Å². The van der Waals surface area contributed by atoms with Crippen molar-refractivity contribution >= 4 is 5.70 Å². The molecule has 5 heteroatoms. The quantitative estimate of drug-likeness (QED) is 0.924. The van der Waals surface area contributed by atoms with Gasteiger partial charge in [0.25, 0.3) is 5.56 Å². The molecule has 1 N–H and O–H groups in total. The molecule has 3 heterocycles. The summed E-state index contributed by atoms with van der Waals surface area (Å²) in [6.45, 7) is 5.51. The summed E-state index contributed by atoms with van der Waals surface area (Å²) in [6, 6.07) is 4.98. The van der Waals surface area contributed by atoms with Gasteiger partial charge in [-0.25, -0.2) is 0 Å². The first-order valence-electron chi connectivity index (χ1n) is 7.15. The number of rotatable bonds is 2. The monoisotopic (exact) mass is 298 g/mol. The average molecular weight is 298 g/mol. The van der Waals surface area contributed by atoms with Gasteiger partial charge < -0.3 is 9.84 Å². The molecular formula is C17H18N2O3. The number of ether oxygens (including phenoxy) is 1. The molecule has 0 saturated heterocycles. The van der Waals surface area contributed by atoms with Gasteiger partial charge in [-0.15, -0.1) is 0 Å². The summed E-state index contributed by atoms with van der Waals surface area (Å²) in [6.07, 6.45) is 6.26. The molecule has 2 aromatic rings. The Hall–Kier alpha value is -2.40. The molecule has 22 heavy (non-hydrogen) atoms. The average Bonchev–Trinajstić information content (AvgIpc) is 2.45. The largest absolute Gasteiger partial charge is 0.483 e. The van der Waals surface area contributed by atoms with Crippen molar-refractivity contribution in [2.75, 3.05) is 0 Å². The lowest BCUT2D eigenvalue weighted by atomic mass is 10.00. The molecule has 2 aromatic heterocycles. The van der Waals surface area contributed by atoms with E-state index in [1.165, 1.54) is 6.07 Å². The van der Waals surface area contributed by atoms with Crippen molar-refractivity contribution in [2.45, 2.75) is 32.5 Å². The standard InChI is InChI=1S/C17H18N2O3/c1-11(20)12-5-7-19(16(21)8-12)14-9-17(2,3)22-15-4-6-18-10-13(14)15/h4-11,20H,1-3H3. The fourth-order valence-electron chi connectivity index (χ4n) is 2.54. The number of aromatic nitrogens is 2. The highest BCUT2D eigenvalue weighted by atomic mass is 16.5. The molecule has 5 nitrogen and oxygen atoms in total. The fraction of sp³-hybridized carbons (Fsp3) is 0.294. The predicted molar refractivity (Wildman–Crippen MR) is 83.7 cm³/mol. The van der Waals surface area contributed by atoms with E-state index in [0.717, 1.165) is 11.3 Å². The van der Waals surface area contributed by atoms with Crippen molar-refractivity contribution in [3.63, 3.8) is 0 Å². The maximum atomic E-state index is 12.4. The summed E-state index contributed by atoms with van der Waals surface area (Å²) in [7, 11) is 0. The predicted octanol–water partition coefficient (Wildman–Crippen LogP) is 2.36. The maximum absolute atomic E-state index is 12.4. The molecule has 0 fully saturated rings. The Morgan fingerprint density at radius 1 is 1.36 bits per heavy atom. The minimum absolute atomic E-state index is 0.197. The minimum Gasteiger partial charge on any atom is -0.483 e. The molecule has 0 aliphatic carbocycles. The summed E-state index contributed by atoms with van der Waals surface area (Å²) < 4.78 is 7.45. The lowest BCUT2D eigenvalue weighted by Crippen LogP contribution is -2.32. The van der Waals surface area contributed by atoms with Crippen LogP contribution in [0.1, 0.15) is 38.0 Å². The van der Waals surface area contributed by atoms with Crippen molar-refractivity contribution < 1.29 is 9.84 Å². The van der Waals surface area contributed by atoms with Crippen molar-refractivity contribution in [1.29, 1.82) is 0 Å². The van der Waals surface area contributed by atoms with Crippen molar-refractivity contribution in [3.8, 4) is 5.75 Å². The van der Waals surface area contributed by atoms with Gasteiger partial charge in [-0.05, 0) is 44.5 Å². The third-order valence-corrected chi connectivity index (χ3v) is 3.60. The number of nitrogens with zero attached hydrogens (tertiary/aromatic N) is 2. The van der Waals surface area contributed by atoms with E-state index in [1.54, 1.807) is 42.2 Å². The number of fused-ring (bicyclic) bond motifs is 1. The number of aliphatic hydroxyl groups excluding tert-OH is 1.